The van der Waals surface area contributed by atoms with E-state index < -0.39 is 11.8 Å². The van der Waals surface area contributed by atoms with Crippen molar-refractivity contribution in [3.05, 3.63) is 35.4 Å². The number of likely N-dealkylation sites (N-methyl/N-ethyl adjacent to an activating group) is 1. The molecule has 1 saturated carbocycles. The monoisotopic (exact) mass is 329 g/mol. The summed E-state index contributed by atoms with van der Waals surface area (Å²) in [5, 5.41) is 3.06. The molecule has 0 aromatic heterocycles. The summed E-state index contributed by atoms with van der Waals surface area (Å²) >= 11 is 0. The second kappa shape index (κ2) is 7.03. The summed E-state index contributed by atoms with van der Waals surface area (Å²) in [6, 6.07) is 7.55. The van der Waals surface area contributed by atoms with Gasteiger partial charge in [0.2, 0.25) is 0 Å². The van der Waals surface area contributed by atoms with E-state index in [2.05, 4.69) is 5.32 Å². The number of benzene rings is 1. The van der Waals surface area contributed by atoms with Crippen molar-refractivity contribution in [3.63, 3.8) is 0 Å². The lowest BCUT2D eigenvalue weighted by molar-refractivity contribution is -0.155. The van der Waals surface area contributed by atoms with Gasteiger partial charge in [0, 0.05) is 38.3 Å². The van der Waals surface area contributed by atoms with Crippen LogP contribution in [-0.4, -0.2) is 53.7 Å². The van der Waals surface area contributed by atoms with Crippen molar-refractivity contribution < 1.29 is 14.4 Å². The van der Waals surface area contributed by atoms with Gasteiger partial charge in [-0.15, -0.1) is 0 Å². The molecule has 1 aliphatic heterocycles. The topological polar surface area (TPSA) is 69.7 Å². The molecule has 0 radical (unpaired) electrons. The molecule has 1 N–H and O–H groups in total. The Balaban J connectivity index is 1.59. The predicted molar refractivity (Wildman–Crippen MR) is 89.2 cm³/mol. The summed E-state index contributed by atoms with van der Waals surface area (Å²) in [5.41, 5.74) is 1.55. The Labute approximate surface area is 141 Å². The van der Waals surface area contributed by atoms with Gasteiger partial charge in [0.1, 0.15) is 0 Å². The van der Waals surface area contributed by atoms with Crippen LogP contribution in [0.2, 0.25) is 0 Å². The number of carbonyl (C=O) groups is 3. The van der Waals surface area contributed by atoms with Gasteiger partial charge in [0.05, 0.1) is 0 Å². The first-order valence-corrected chi connectivity index (χ1v) is 8.49. The van der Waals surface area contributed by atoms with E-state index >= 15 is 0 Å². The van der Waals surface area contributed by atoms with Crippen molar-refractivity contribution in [2.24, 2.45) is 0 Å². The summed E-state index contributed by atoms with van der Waals surface area (Å²) in [5.74, 6) is -0.972. The summed E-state index contributed by atoms with van der Waals surface area (Å²) in [6.07, 6.45) is 4.48. The molecule has 0 atom stereocenters. The van der Waals surface area contributed by atoms with Gasteiger partial charge in [0.15, 0.2) is 0 Å². The first-order valence-electron chi connectivity index (χ1n) is 8.49. The van der Waals surface area contributed by atoms with Crippen molar-refractivity contribution >= 4 is 17.7 Å². The van der Waals surface area contributed by atoms with E-state index in [0.717, 1.165) is 18.4 Å². The van der Waals surface area contributed by atoms with Gasteiger partial charge < -0.3 is 15.1 Å². The zero-order valence-electron chi connectivity index (χ0n) is 14.0. The zero-order valence-corrected chi connectivity index (χ0v) is 14.0. The largest absolute Gasteiger partial charge is 0.349 e. The molecule has 0 spiro atoms. The number of nitrogens with one attached hydrogen (secondary N) is 1. The zero-order chi connectivity index (χ0) is 17.1. The lowest BCUT2D eigenvalue weighted by atomic mass is 10.1. The number of nitrogens with zero attached hydrogens (tertiary/aromatic N) is 2. The van der Waals surface area contributed by atoms with Gasteiger partial charge in [-0.25, -0.2) is 0 Å². The van der Waals surface area contributed by atoms with Gasteiger partial charge in [-0.1, -0.05) is 25.0 Å². The van der Waals surface area contributed by atoms with Crippen molar-refractivity contribution in [2.45, 2.75) is 38.3 Å². The maximum atomic E-state index is 12.2. The minimum atomic E-state index is -0.466. The number of hydrogen-bond acceptors (Lipinski definition) is 3. The third kappa shape index (κ3) is 3.58. The van der Waals surface area contributed by atoms with Crippen LogP contribution in [0.3, 0.4) is 0 Å². The van der Waals surface area contributed by atoms with Crippen LogP contribution in [0.15, 0.2) is 24.3 Å². The van der Waals surface area contributed by atoms with E-state index in [4.69, 9.17) is 0 Å². The Bertz CT molecular complexity index is 635. The maximum Gasteiger partial charge on any atom is 0.312 e. The molecule has 3 amide bonds. The van der Waals surface area contributed by atoms with Crippen LogP contribution in [0.1, 0.15) is 41.6 Å². The highest BCUT2D eigenvalue weighted by Gasteiger charge is 2.30. The third-order valence-electron chi connectivity index (χ3n) is 4.80. The van der Waals surface area contributed by atoms with Crippen LogP contribution in [0, 0.1) is 0 Å². The van der Waals surface area contributed by atoms with E-state index in [1.54, 1.807) is 24.1 Å². The molecule has 1 aromatic rings. The second-order valence-corrected chi connectivity index (χ2v) is 6.61. The van der Waals surface area contributed by atoms with Crippen molar-refractivity contribution in [3.8, 4) is 0 Å². The quantitative estimate of drug-likeness (QED) is 0.843. The molecule has 1 saturated heterocycles. The second-order valence-electron chi connectivity index (χ2n) is 6.61. The molecular weight excluding hydrogens is 306 g/mol. The molecule has 6 heteroatoms. The Morgan fingerprint density at radius 2 is 1.75 bits per heavy atom. The predicted octanol–water partition coefficient (Wildman–Crippen LogP) is 1.16. The fourth-order valence-corrected chi connectivity index (χ4v) is 3.24. The Hall–Kier alpha value is -2.37. The molecule has 6 nitrogen and oxygen atoms in total. The van der Waals surface area contributed by atoms with Crippen LogP contribution in [0.25, 0.3) is 0 Å². The number of carbonyl (C=O) groups excluding carboxylic acids is 3. The molecule has 1 aromatic carbocycles. The van der Waals surface area contributed by atoms with E-state index in [-0.39, 0.29) is 5.91 Å². The van der Waals surface area contributed by atoms with Gasteiger partial charge in [-0.3, -0.25) is 14.4 Å². The van der Waals surface area contributed by atoms with E-state index in [9.17, 15) is 14.4 Å². The number of amides is 3. The number of rotatable bonds is 4. The lowest BCUT2D eigenvalue weighted by Crippen LogP contribution is -2.52. The SMILES string of the molecule is CN1CCN(Cc2ccc(C(=O)NC3CCCC3)cc2)C(=O)C1=O. The molecule has 1 aliphatic carbocycles. The average Bonchev–Trinajstić information content (AvgIpc) is 3.09. The van der Waals surface area contributed by atoms with Crippen LogP contribution < -0.4 is 5.32 Å². The molecular formula is C18H23N3O3. The molecule has 24 heavy (non-hydrogen) atoms. The maximum absolute atomic E-state index is 12.2. The van der Waals surface area contributed by atoms with E-state index in [1.807, 2.05) is 12.1 Å². The van der Waals surface area contributed by atoms with E-state index in [0.29, 0.717) is 31.2 Å². The lowest BCUT2D eigenvalue weighted by Gasteiger charge is -2.31. The minimum Gasteiger partial charge on any atom is -0.349 e. The molecule has 0 unspecified atom stereocenters. The minimum absolute atomic E-state index is 0.0423. The molecule has 1 heterocycles. The van der Waals surface area contributed by atoms with Gasteiger partial charge >= 0.3 is 11.8 Å². The molecule has 128 valence electrons. The highest BCUT2D eigenvalue weighted by Crippen LogP contribution is 2.18. The van der Waals surface area contributed by atoms with Crippen LogP contribution in [-0.2, 0) is 16.1 Å². The van der Waals surface area contributed by atoms with Gasteiger partial charge in [-0.05, 0) is 30.5 Å². The first kappa shape index (κ1) is 16.5. The normalized spacial score (nSPS) is 19.0. The smallest absolute Gasteiger partial charge is 0.312 e. The van der Waals surface area contributed by atoms with Crippen LogP contribution in [0.4, 0.5) is 0 Å². The summed E-state index contributed by atoms with van der Waals surface area (Å²) < 4.78 is 0. The Kier molecular flexibility index (Phi) is 4.83. The average molecular weight is 329 g/mol. The van der Waals surface area contributed by atoms with Gasteiger partial charge in [-0.2, -0.15) is 0 Å². The summed E-state index contributed by atoms with van der Waals surface area (Å²) in [7, 11) is 1.63. The standard InChI is InChI=1S/C18H23N3O3/c1-20-10-11-21(18(24)17(20)23)12-13-6-8-14(9-7-13)16(22)19-15-4-2-3-5-15/h6-9,15H,2-5,10-12H2,1H3,(H,19,22). The van der Waals surface area contributed by atoms with Crippen LogP contribution in [0.5, 0.6) is 0 Å². The van der Waals surface area contributed by atoms with Crippen molar-refractivity contribution in [2.75, 3.05) is 20.1 Å². The molecule has 3 rings (SSSR count). The highest BCUT2D eigenvalue weighted by molar-refractivity contribution is 6.35. The van der Waals surface area contributed by atoms with Crippen molar-refractivity contribution in [1.82, 2.24) is 15.1 Å². The van der Waals surface area contributed by atoms with Crippen LogP contribution >= 0.6 is 0 Å². The summed E-state index contributed by atoms with van der Waals surface area (Å²) in [4.78, 5) is 38.9. The molecule has 0 bridgehead atoms. The Morgan fingerprint density at radius 1 is 1.08 bits per heavy atom. The molecule has 2 aliphatic rings. The first-order chi connectivity index (χ1) is 11.5. The Morgan fingerprint density at radius 3 is 2.42 bits per heavy atom. The third-order valence-corrected chi connectivity index (χ3v) is 4.80. The summed E-state index contributed by atoms with van der Waals surface area (Å²) in [6.45, 7) is 1.47. The van der Waals surface area contributed by atoms with Crippen molar-refractivity contribution in [1.29, 1.82) is 0 Å². The number of piperazine rings is 1. The fourth-order valence-electron chi connectivity index (χ4n) is 3.24. The number of hydrogen-bond donors (Lipinski definition) is 1. The van der Waals surface area contributed by atoms with Gasteiger partial charge in [0.25, 0.3) is 5.91 Å². The highest BCUT2D eigenvalue weighted by atomic mass is 16.2. The van der Waals surface area contributed by atoms with E-state index in [1.165, 1.54) is 17.7 Å². The molecule has 2 fully saturated rings. The fraction of sp³-hybridized carbons (Fsp3) is 0.500.